The third-order valence-electron chi connectivity index (χ3n) is 4.93. The van der Waals surface area contributed by atoms with Crippen LogP contribution in [0.1, 0.15) is 18.9 Å². The lowest BCUT2D eigenvalue weighted by molar-refractivity contribution is -0.119. The smallest absolute Gasteiger partial charge is 0.264 e. The van der Waals surface area contributed by atoms with Gasteiger partial charge in [0.15, 0.2) is 0 Å². The minimum absolute atomic E-state index is 0.0870. The number of nitrogens with one attached hydrogen (secondary N) is 1. The van der Waals surface area contributed by atoms with Crippen molar-refractivity contribution in [2.24, 2.45) is 0 Å². The Bertz CT molecular complexity index is 1140. The number of aryl methyl sites for hydroxylation is 1. The maximum atomic E-state index is 13.3. The van der Waals surface area contributed by atoms with Gasteiger partial charge in [-0.15, -0.1) is 0 Å². The second-order valence-electron chi connectivity index (χ2n) is 7.33. The lowest BCUT2D eigenvalue weighted by Crippen LogP contribution is -2.41. The number of hydrogen-bond acceptors (Lipinski definition) is 4. The highest BCUT2D eigenvalue weighted by Gasteiger charge is 2.27. The Labute approximate surface area is 194 Å². The van der Waals surface area contributed by atoms with Gasteiger partial charge in [-0.2, -0.15) is 0 Å². The molecule has 0 atom stereocenters. The first-order chi connectivity index (χ1) is 15.9. The zero-order valence-corrected chi connectivity index (χ0v) is 19.2. The molecule has 0 saturated heterocycles. The normalized spacial score (nSPS) is 11.1. The predicted octanol–water partition coefficient (Wildman–Crippen LogP) is 4.17. The number of carbonyl (C=O) groups excluding carboxylic acids is 1. The third kappa shape index (κ3) is 6.79. The summed E-state index contributed by atoms with van der Waals surface area (Å²) < 4.78 is 46.1. The van der Waals surface area contributed by atoms with Gasteiger partial charge < -0.3 is 10.1 Å². The molecule has 0 radical (unpaired) electrons. The molecule has 3 aromatic carbocycles. The van der Waals surface area contributed by atoms with E-state index in [-0.39, 0.29) is 11.4 Å². The van der Waals surface area contributed by atoms with Crippen LogP contribution in [0.15, 0.2) is 83.8 Å². The van der Waals surface area contributed by atoms with Gasteiger partial charge in [-0.3, -0.25) is 9.10 Å². The molecular weight excluding hydrogens is 443 g/mol. The Morgan fingerprint density at radius 2 is 1.64 bits per heavy atom. The Morgan fingerprint density at radius 3 is 2.27 bits per heavy atom. The summed E-state index contributed by atoms with van der Waals surface area (Å²) in [6.45, 7) is 2.57. The van der Waals surface area contributed by atoms with Crippen LogP contribution in [-0.4, -0.2) is 34.0 Å². The molecule has 3 aromatic rings. The molecule has 1 N–H and O–H groups in total. The summed E-state index contributed by atoms with van der Waals surface area (Å²) in [6.07, 6.45) is 1.47. The van der Waals surface area contributed by atoms with Crippen molar-refractivity contribution < 1.29 is 22.3 Å². The number of rotatable bonds is 11. The molecular formula is C25H27FN2O4S. The number of anilines is 1. The summed E-state index contributed by atoms with van der Waals surface area (Å²) >= 11 is 0. The number of para-hydroxylation sites is 1. The number of halogens is 1. The average Bonchev–Trinajstić information content (AvgIpc) is 2.82. The highest BCUT2D eigenvalue weighted by atomic mass is 32.2. The molecule has 1 amide bonds. The highest BCUT2D eigenvalue weighted by molar-refractivity contribution is 7.92. The highest BCUT2D eigenvalue weighted by Crippen LogP contribution is 2.23. The number of ether oxygens (including phenoxy) is 1. The molecule has 0 aromatic heterocycles. The van der Waals surface area contributed by atoms with Crippen LogP contribution in [0.4, 0.5) is 10.1 Å². The number of benzene rings is 3. The van der Waals surface area contributed by atoms with E-state index < -0.39 is 21.7 Å². The van der Waals surface area contributed by atoms with Crippen LogP contribution in [0.3, 0.4) is 0 Å². The quantitative estimate of drug-likeness (QED) is 0.427. The van der Waals surface area contributed by atoms with E-state index in [0.717, 1.165) is 34.2 Å². The summed E-state index contributed by atoms with van der Waals surface area (Å²) in [5.74, 6) is -0.139. The molecule has 0 heterocycles. The van der Waals surface area contributed by atoms with E-state index in [1.54, 1.807) is 30.3 Å². The number of nitrogens with zero attached hydrogens (tertiary/aromatic N) is 1. The van der Waals surface area contributed by atoms with Crippen LogP contribution >= 0.6 is 0 Å². The standard InChI is InChI=1S/C25H27FN2O4S/c1-2-32-23-14-10-20(11-15-23)7-6-18-27-25(29)19-28(22-8-4-3-5-9-22)33(30,31)24-16-12-21(26)13-17-24/h3-5,8-17H,2,6-7,18-19H2,1H3,(H,27,29). The van der Waals surface area contributed by atoms with Gasteiger partial charge in [-0.1, -0.05) is 30.3 Å². The van der Waals surface area contributed by atoms with Crippen LogP contribution in [0.5, 0.6) is 5.75 Å². The maximum absolute atomic E-state index is 13.3. The van der Waals surface area contributed by atoms with Gasteiger partial charge in [0, 0.05) is 6.54 Å². The Balaban J connectivity index is 1.61. The first-order valence-corrected chi connectivity index (χ1v) is 12.2. The first kappa shape index (κ1) is 24.3. The van der Waals surface area contributed by atoms with E-state index in [2.05, 4.69) is 5.32 Å². The molecule has 0 aliphatic heterocycles. The molecule has 0 unspecified atom stereocenters. The van der Waals surface area contributed by atoms with Gasteiger partial charge in [0.2, 0.25) is 5.91 Å². The molecule has 6 nitrogen and oxygen atoms in total. The Morgan fingerprint density at radius 1 is 0.970 bits per heavy atom. The summed E-state index contributed by atoms with van der Waals surface area (Å²) in [6, 6.07) is 20.7. The minimum Gasteiger partial charge on any atom is -0.494 e. The summed E-state index contributed by atoms with van der Waals surface area (Å²) in [7, 11) is -4.05. The zero-order chi connectivity index (χ0) is 23.7. The maximum Gasteiger partial charge on any atom is 0.264 e. The van der Waals surface area contributed by atoms with Gasteiger partial charge in [-0.05, 0) is 73.9 Å². The Kier molecular flexibility index (Phi) is 8.43. The lowest BCUT2D eigenvalue weighted by Gasteiger charge is -2.24. The van der Waals surface area contributed by atoms with Crippen molar-refractivity contribution in [3.63, 3.8) is 0 Å². The molecule has 0 fully saturated rings. The average molecular weight is 471 g/mol. The van der Waals surface area contributed by atoms with E-state index >= 15 is 0 Å². The topological polar surface area (TPSA) is 75.7 Å². The van der Waals surface area contributed by atoms with E-state index in [4.69, 9.17) is 4.74 Å². The SMILES string of the molecule is CCOc1ccc(CCCNC(=O)CN(c2ccccc2)S(=O)(=O)c2ccc(F)cc2)cc1. The van der Waals surface area contributed by atoms with Crippen LogP contribution < -0.4 is 14.4 Å². The monoisotopic (exact) mass is 470 g/mol. The van der Waals surface area contributed by atoms with Crippen molar-refractivity contribution in [3.8, 4) is 5.75 Å². The van der Waals surface area contributed by atoms with Crippen LogP contribution in [0, 0.1) is 5.82 Å². The van der Waals surface area contributed by atoms with Crippen molar-refractivity contribution in [1.29, 1.82) is 0 Å². The largest absolute Gasteiger partial charge is 0.494 e. The molecule has 174 valence electrons. The fourth-order valence-corrected chi connectivity index (χ4v) is 4.69. The van der Waals surface area contributed by atoms with E-state index in [9.17, 15) is 17.6 Å². The zero-order valence-electron chi connectivity index (χ0n) is 18.4. The number of sulfonamides is 1. The predicted molar refractivity (Wildman–Crippen MR) is 126 cm³/mol. The molecule has 0 spiro atoms. The number of hydrogen-bond donors (Lipinski definition) is 1. The van der Waals surface area contributed by atoms with Crippen molar-refractivity contribution >= 4 is 21.6 Å². The van der Waals surface area contributed by atoms with Crippen molar-refractivity contribution in [2.45, 2.75) is 24.7 Å². The molecule has 0 aliphatic rings. The number of amides is 1. The minimum atomic E-state index is -4.05. The number of carbonyl (C=O) groups is 1. The van der Waals surface area contributed by atoms with Crippen LogP contribution in [0.2, 0.25) is 0 Å². The van der Waals surface area contributed by atoms with E-state index in [0.29, 0.717) is 25.3 Å². The molecule has 33 heavy (non-hydrogen) atoms. The summed E-state index contributed by atoms with van der Waals surface area (Å²) in [5, 5.41) is 2.79. The van der Waals surface area contributed by atoms with Crippen LogP contribution in [-0.2, 0) is 21.2 Å². The van der Waals surface area contributed by atoms with Gasteiger partial charge in [0.05, 0.1) is 17.2 Å². The lowest BCUT2D eigenvalue weighted by atomic mass is 10.1. The van der Waals surface area contributed by atoms with Gasteiger partial charge in [0.1, 0.15) is 18.1 Å². The fraction of sp³-hybridized carbons (Fsp3) is 0.240. The van der Waals surface area contributed by atoms with Gasteiger partial charge in [-0.25, -0.2) is 12.8 Å². The van der Waals surface area contributed by atoms with Gasteiger partial charge in [0.25, 0.3) is 10.0 Å². The second kappa shape index (κ2) is 11.5. The first-order valence-electron chi connectivity index (χ1n) is 10.7. The van der Waals surface area contributed by atoms with Crippen molar-refractivity contribution in [2.75, 3.05) is 24.0 Å². The van der Waals surface area contributed by atoms with Crippen molar-refractivity contribution in [3.05, 3.63) is 90.2 Å². The van der Waals surface area contributed by atoms with Crippen molar-refractivity contribution in [1.82, 2.24) is 5.32 Å². The molecule has 0 bridgehead atoms. The molecule has 8 heteroatoms. The molecule has 0 aliphatic carbocycles. The summed E-state index contributed by atoms with van der Waals surface area (Å²) in [4.78, 5) is 12.5. The Hall–Kier alpha value is -3.39. The molecule has 3 rings (SSSR count). The molecule has 0 saturated carbocycles. The van der Waals surface area contributed by atoms with E-state index in [1.165, 1.54) is 12.1 Å². The third-order valence-corrected chi connectivity index (χ3v) is 6.72. The summed E-state index contributed by atoms with van der Waals surface area (Å²) in [5.41, 5.74) is 1.48. The van der Waals surface area contributed by atoms with Crippen LogP contribution in [0.25, 0.3) is 0 Å². The second-order valence-corrected chi connectivity index (χ2v) is 9.19. The van der Waals surface area contributed by atoms with Gasteiger partial charge >= 0.3 is 0 Å². The van der Waals surface area contributed by atoms with E-state index in [1.807, 2.05) is 31.2 Å². The fourth-order valence-electron chi connectivity index (χ4n) is 3.27.